The number of hydrogen-bond donors (Lipinski definition) is 4. The van der Waals surface area contributed by atoms with Crippen LogP contribution in [-0.4, -0.2) is 33.9 Å². The maximum atomic E-state index is 13.2. The molecule has 0 aliphatic rings. The average molecular weight is 525 g/mol. The third-order valence-electron chi connectivity index (χ3n) is 5.74. The molecule has 2 unspecified atom stereocenters. The second-order valence-electron chi connectivity index (χ2n) is 9.19. The summed E-state index contributed by atoms with van der Waals surface area (Å²) in [6.07, 6.45) is 1.44. The molecule has 0 fully saturated rings. The van der Waals surface area contributed by atoms with E-state index in [4.69, 9.17) is 10.5 Å². The Morgan fingerprint density at radius 3 is 2.41 bits per heavy atom. The molecule has 2 atom stereocenters. The van der Waals surface area contributed by atoms with Crippen LogP contribution in [0.5, 0.6) is 0 Å². The third-order valence-corrected chi connectivity index (χ3v) is 6.23. The number of aromatic amines is 2. The van der Waals surface area contributed by atoms with Crippen molar-refractivity contribution in [3.8, 4) is 0 Å². The molecule has 5 N–H and O–H groups in total. The molecule has 176 valence electrons. The molecule has 0 saturated heterocycles. The number of rotatable bonds is 6. The van der Waals surface area contributed by atoms with Crippen LogP contribution in [-0.2, 0) is 9.53 Å². The van der Waals surface area contributed by atoms with Crippen molar-refractivity contribution < 1.29 is 19.1 Å². The van der Waals surface area contributed by atoms with Gasteiger partial charge in [-0.05, 0) is 18.2 Å². The molecular weight excluding hydrogens is 500 g/mol. The fraction of sp³-hybridized carbons (Fsp3) is 0.240. The summed E-state index contributed by atoms with van der Waals surface area (Å²) in [5.74, 6) is -1.52. The Kier molecular flexibility index (Phi) is 6.22. The van der Waals surface area contributed by atoms with E-state index in [1.165, 1.54) is 6.20 Å². The summed E-state index contributed by atoms with van der Waals surface area (Å²) in [5, 5.41) is 4.29. The lowest BCUT2D eigenvalue weighted by molar-refractivity contribution is -0.119. The lowest BCUT2D eigenvalue weighted by Gasteiger charge is -2.36. The van der Waals surface area contributed by atoms with Gasteiger partial charge in [0.1, 0.15) is 6.10 Å². The lowest BCUT2D eigenvalue weighted by Crippen LogP contribution is -2.47. The summed E-state index contributed by atoms with van der Waals surface area (Å²) in [4.78, 5) is 44.4. The zero-order valence-corrected chi connectivity index (χ0v) is 20.5. The first-order chi connectivity index (χ1) is 16.1. The Labute approximate surface area is 204 Å². The normalized spacial score (nSPS) is 13.5. The van der Waals surface area contributed by atoms with Crippen molar-refractivity contribution >= 4 is 55.5 Å². The fourth-order valence-corrected chi connectivity index (χ4v) is 4.51. The summed E-state index contributed by atoms with van der Waals surface area (Å²) in [6.45, 7) is 5.61. The standard InChI is InChI=1S/C25H25BrN4O4/c1-25(2,3)22(34-24(27)33)20(16-11-28-18-7-5-4-6-14(16)18)30-23(32)21(31)17-12-29-19-10-13(26)8-9-15(17)19/h4-12,20,22,28-29H,1-3H3,(H2,27,33)(H,30,32). The number of carbonyl (C=O) groups is 3. The van der Waals surface area contributed by atoms with Gasteiger partial charge >= 0.3 is 6.09 Å². The number of fused-ring (bicyclic) bond motifs is 2. The summed E-state index contributed by atoms with van der Waals surface area (Å²) in [6, 6.07) is 12.1. The predicted octanol–water partition coefficient (Wildman–Crippen LogP) is 4.96. The molecule has 0 aliphatic heterocycles. The summed E-state index contributed by atoms with van der Waals surface area (Å²) >= 11 is 3.40. The molecular formula is C25H25BrN4O4. The van der Waals surface area contributed by atoms with E-state index in [0.717, 1.165) is 20.9 Å². The van der Waals surface area contributed by atoms with E-state index >= 15 is 0 Å². The van der Waals surface area contributed by atoms with E-state index in [9.17, 15) is 14.4 Å². The molecule has 0 aliphatic carbocycles. The summed E-state index contributed by atoms with van der Waals surface area (Å²) in [7, 11) is 0. The maximum Gasteiger partial charge on any atom is 0.404 e. The van der Waals surface area contributed by atoms with Gasteiger partial charge in [-0.2, -0.15) is 0 Å². The molecule has 9 heteroatoms. The first kappa shape index (κ1) is 23.6. The number of ether oxygens (including phenoxy) is 1. The Bertz CT molecular complexity index is 1400. The third kappa shape index (κ3) is 4.56. The number of halogens is 1. The van der Waals surface area contributed by atoms with Crippen LogP contribution in [0, 0.1) is 5.41 Å². The fourth-order valence-electron chi connectivity index (χ4n) is 4.15. The number of Topliss-reactive ketones (excluding diaryl/α,β-unsaturated/α-hetero) is 1. The lowest BCUT2D eigenvalue weighted by atomic mass is 9.81. The molecule has 2 aromatic carbocycles. The van der Waals surface area contributed by atoms with E-state index in [2.05, 4.69) is 31.2 Å². The minimum absolute atomic E-state index is 0.251. The SMILES string of the molecule is CC(C)(C)C(OC(N)=O)C(NC(=O)C(=O)c1c[nH]c2cc(Br)ccc12)c1c[nH]c2ccccc12. The second kappa shape index (κ2) is 8.98. The van der Waals surface area contributed by atoms with Gasteiger partial charge in [0, 0.05) is 49.7 Å². The van der Waals surface area contributed by atoms with Gasteiger partial charge in [-0.15, -0.1) is 0 Å². The molecule has 34 heavy (non-hydrogen) atoms. The predicted molar refractivity (Wildman–Crippen MR) is 133 cm³/mol. The Balaban J connectivity index is 1.74. The molecule has 4 rings (SSSR count). The van der Waals surface area contributed by atoms with Crippen molar-refractivity contribution in [2.24, 2.45) is 11.1 Å². The minimum atomic E-state index is -0.965. The van der Waals surface area contributed by atoms with E-state index < -0.39 is 35.3 Å². The van der Waals surface area contributed by atoms with Crippen molar-refractivity contribution in [1.82, 2.24) is 15.3 Å². The van der Waals surface area contributed by atoms with E-state index in [0.29, 0.717) is 10.9 Å². The van der Waals surface area contributed by atoms with Gasteiger partial charge in [-0.25, -0.2) is 4.79 Å². The highest BCUT2D eigenvalue weighted by Crippen LogP contribution is 2.36. The van der Waals surface area contributed by atoms with Crippen molar-refractivity contribution in [1.29, 1.82) is 0 Å². The minimum Gasteiger partial charge on any atom is -0.443 e. The number of primary amides is 1. The number of nitrogens with one attached hydrogen (secondary N) is 3. The van der Waals surface area contributed by atoms with Gasteiger partial charge in [-0.3, -0.25) is 9.59 Å². The molecule has 4 aromatic rings. The zero-order chi connectivity index (χ0) is 24.6. The molecule has 0 bridgehead atoms. The number of amides is 2. The first-order valence-electron chi connectivity index (χ1n) is 10.7. The van der Waals surface area contributed by atoms with Crippen LogP contribution in [0.3, 0.4) is 0 Å². The molecule has 0 saturated carbocycles. The average Bonchev–Trinajstić information content (AvgIpc) is 3.38. The van der Waals surface area contributed by atoms with Crippen LogP contribution >= 0.6 is 15.9 Å². The van der Waals surface area contributed by atoms with Crippen LogP contribution in [0.25, 0.3) is 21.8 Å². The highest BCUT2D eigenvalue weighted by molar-refractivity contribution is 9.10. The molecule has 2 heterocycles. The van der Waals surface area contributed by atoms with Crippen molar-refractivity contribution in [3.05, 3.63) is 70.5 Å². The van der Waals surface area contributed by atoms with Crippen LogP contribution in [0.4, 0.5) is 4.79 Å². The van der Waals surface area contributed by atoms with E-state index in [-0.39, 0.29) is 5.56 Å². The number of ketones is 1. The number of benzene rings is 2. The van der Waals surface area contributed by atoms with E-state index in [1.54, 1.807) is 18.3 Å². The van der Waals surface area contributed by atoms with Crippen molar-refractivity contribution in [2.45, 2.75) is 32.9 Å². The highest BCUT2D eigenvalue weighted by atomic mass is 79.9. The number of hydrogen-bond acceptors (Lipinski definition) is 4. The molecule has 0 spiro atoms. The molecule has 0 radical (unpaired) electrons. The molecule has 2 aromatic heterocycles. The smallest absolute Gasteiger partial charge is 0.404 e. The monoisotopic (exact) mass is 524 g/mol. The van der Waals surface area contributed by atoms with Crippen LogP contribution in [0.15, 0.2) is 59.3 Å². The number of para-hydroxylation sites is 1. The Morgan fingerprint density at radius 2 is 1.71 bits per heavy atom. The van der Waals surface area contributed by atoms with E-state index in [1.807, 2.05) is 51.1 Å². The Morgan fingerprint density at radius 1 is 1.00 bits per heavy atom. The van der Waals surface area contributed by atoms with Gasteiger partial charge < -0.3 is 25.8 Å². The van der Waals surface area contributed by atoms with Crippen LogP contribution in [0.2, 0.25) is 0 Å². The quantitative estimate of drug-likeness (QED) is 0.209. The number of nitrogens with two attached hydrogens (primary N) is 1. The number of carbonyl (C=O) groups excluding carboxylic acids is 3. The maximum absolute atomic E-state index is 13.2. The second-order valence-corrected chi connectivity index (χ2v) is 10.1. The number of aromatic nitrogens is 2. The van der Waals surface area contributed by atoms with Crippen LogP contribution in [0.1, 0.15) is 42.7 Å². The largest absolute Gasteiger partial charge is 0.443 e. The van der Waals surface area contributed by atoms with Gasteiger partial charge in [0.25, 0.3) is 11.7 Å². The number of H-pyrrole nitrogens is 2. The zero-order valence-electron chi connectivity index (χ0n) is 18.9. The topological polar surface area (TPSA) is 130 Å². The Hall–Kier alpha value is -3.59. The first-order valence-corrected chi connectivity index (χ1v) is 11.5. The molecule has 2 amide bonds. The van der Waals surface area contributed by atoms with Crippen LogP contribution < -0.4 is 11.1 Å². The van der Waals surface area contributed by atoms with Gasteiger partial charge in [0.05, 0.1) is 11.6 Å². The molecule has 8 nitrogen and oxygen atoms in total. The van der Waals surface area contributed by atoms with Crippen molar-refractivity contribution in [2.75, 3.05) is 0 Å². The van der Waals surface area contributed by atoms with Gasteiger partial charge in [-0.1, -0.05) is 61.0 Å². The van der Waals surface area contributed by atoms with Gasteiger partial charge in [0.2, 0.25) is 0 Å². The summed E-state index contributed by atoms with van der Waals surface area (Å²) in [5.41, 5.74) is 7.27. The van der Waals surface area contributed by atoms with Gasteiger partial charge in [0.15, 0.2) is 0 Å². The summed E-state index contributed by atoms with van der Waals surface area (Å²) < 4.78 is 6.34. The van der Waals surface area contributed by atoms with Crippen molar-refractivity contribution in [3.63, 3.8) is 0 Å². The highest BCUT2D eigenvalue weighted by Gasteiger charge is 2.39.